The predicted molar refractivity (Wildman–Crippen MR) is 62.5 cm³/mol. The lowest BCUT2D eigenvalue weighted by Crippen LogP contribution is -2.00. The van der Waals surface area contributed by atoms with Crippen LogP contribution in [0.3, 0.4) is 0 Å². The van der Waals surface area contributed by atoms with E-state index in [2.05, 4.69) is 13.8 Å². The molecule has 1 aliphatic rings. The van der Waals surface area contributed by atoms with Crippen LogP contribution < -0.4 is 14.2 Å². The van der Waals surface area contributed by atoms with Crippen LogP contribution in [0.15, 0.2) is 6.07 Å². The van der Waals surface area contributed by atoms with E-state index in [1.54, 1.807) is 0 Å². The van der Waals surface area contributed by atoms with Crippen molar-refractivity contribution in [3.05, 3.63) is 17.2 Å². The Balaban J connectivity index is 2.49. The first-order valence-corrected chi connectivity index (χ1v) is 5.82. The minimum absolute atomic E-state index is 0.296. The van der Waals surface area contributed by atoms with E-state index < -0.39 is 0 Å². The van der Waals surface area contributed by atoms with Crippen LogP contribution in [-0.4, -0.2) is 13.4 Å². The zero-order valence-corrected chi connectivity index (χ0v) is 10.1. The molecule has 16 heavy (non-hydrogen) atoms. The first kappa shape index (κ1) is 11.1. The van der Waals surface area contributed by atoms with Gasteiger partial charge in [-0.2, -0.15) is 0 Å². The van der Waals surface area contributed by atoms with Gasteiger partial charge < -0.3 is 14.2 Å². The standard InChI is InChI=1S/C13H18O3/c1-4-6-10-9(3)7-11-13(16-8-15-11)12(10)14-5-2/h7H,4-6,8H2,1-3H3. The molecule has 0 saturated carbocycles. The number of rotatable bonds is 4. The Labute approximate surface area is 96.3 Å². The summed E-state index contributed by atoms with van der Waals surface area (Å²) in [6.45, 7) is 7.19. The maximum atomic E-state index is 5.71. The van der Waals surface area contributed by atoms with Crippen molar-refractivity contribution in [3.8, 4) is 17.2 Å². The molecule has 0 amide bonds. The average Bonchev–Trinajstić information content (AvgIpc) is 2.71. The summed E-state index contributed by atoms with van der Waals surface area (Å²) in [7, 11) is 0. The summed E-state index contributed by atoms with van der Waals surface area (Å²) in [5, 5.41) is 0. The van der Waals surface area contributed by atoms with Crippen molar-refractivity contribution in [3.63, 3.8) is 0 Å². The summed E-state index contributed by atoms with van der Waals surface area (Å²) in [5.74, 6) is 2.45. The SMILES string of the molecule is CCCc1c(C)cc2c(c1OCC)OCO2. The quantitative estimate of drug-likeness (QED) is 0.783. The van der Waals surface area contributed by atoms with Gasteiger partial charge >= 0.3 is 0 Å². The molecule has 0 radical (unpaired) electrons. The maximum absolute atomic E-state index is 5.71. The lowest BCUT2D eigenvalue weighted by atomic mass is 10.0. The summed E-state index contributed by atoms with van der Waals surface area (Å²) in [4.78, 5) is 0. The molecule has 1 heterocycles. The van der Waals surface area contributed by atoms with Gasteiger partial charge in [0.2, 0.25) is 12.5 Å². The number of ether oxygens (including phenoxy) is 3. The van der Waals surface area contributed by atoms with Crippen LogP contribution >= 0.6 is 0 Å². The van der Waals surface area contributed by atoms with Gasteiger partial charge in [0.1, 0.15) is 0 Å². The normalized spacial score (nSPS) is 12.9. The largest absolute Gasteiger partial charge is 0.490 e. The summed E-state index contributed by atoms with van der Waals surface area (Å²) in [6.07, 6.45) is 2.11. The molecular weight excluding hydrogens is 204 g/mol. The molecule has 0 spiro atoms. The van der Waals surface area contributed by atoms with Crippen molar-refractivity contribution in [2.75, 3.05) is 13.4 Å². The second-order valence-corrected chi connectivity index (χ2v) is 3.92. The summed E-state index contributed by atoms with van der Waals surface area (Å²) in [5.41, 5.74) is 2.46. The van der Waals surface area contributed by atoms with Crippen molar-refractivity contribution in [2.45, 2.75) is 33.6 Å². The Morgan fingerprint density at radius 1 is 1.31 bits per heavy atom. The predicted octanol–water partition coefficient (Wildman–Crippen LogP) is 3.07. The van der Waals surface area contributed by atoms with Crippen molar-refractivity contribution in [2.24, 2.45) is 0 Å². The van der Waals surface area contributed by atoms with Crippen LogP contribution in [-0.2, 0) is 6.42 Å². The van der Waals surface area contributed by atoms with Gasteiger partial charge in [0.05, 0.1) is 6.61 Å². The second-order valence-electron chi connectivity index (χ2n) is 3.92. The van der Waals surface area contributed by atoms with E-state index >= 15 is 0 Å². The Bertz CT molecular complexity index is 385. The smallest absolute Gasteiger partial charge is 0.231 e. The van der Waals surface area contributed by atoms with E-state index in [0.717, 1.165) is 30.1 Å². The van der Waals surface area contributed by atoms with E-state index in [9.17, 15) is 0 Å². The number of aryl methyl sites for hydroxylation is 1. The second kappa shape index (κ2) is 4.64. The number of hydrogen-bond donors (Lipinski definition) is 0. The molecule has 0 fully saturated rings. The zero-order valence-electron chi connectivity index (χ0n) is 10.1. The van der Waals surface area contributed by atoms with Gasteiger partial charge in [-0.15, -0.1) is 0 Å². The Kier molecular flexibility index (Phi) is 3.22. The fraction of sp³-hybridized carbons (Fsp3) is 0.538. The molecule has 1 aromatic rings. The molecule has 0 aromatic heterocycles. The Morgan fingerprint density at radius 3 is 2.81 bits per heavy atom. The van der Waals surface area contributed by atoms with E-state index in [4.69, 9.17) is 14.2 Å². The molecule has 1 aromatic carbocycles. The van der Waals surface area contributed by atoms with Crippen LogP contribution in [0.1, 0.15) is 31.4 Å². The van der Waals surface area contributed by atoms with E-state index in [0.29, 0.717) is 13.4 Å². The van der Waals surface area contributed by atoms with E-state index in [1.807, 2.05) is 13.0 Å². The minimum Gasteiger partial charge on any atom is -0.490 e. The van der Waals surface area contributed by atoms with Gasteiger partial charge in [-0.1, -0.05) is 13.3 Å². The molecule has 0 N–H and O–H groups in total. The summed E-state index contributed by atoms with van der Waals surface area (Å²) in [6, 6.07) is 2.04. The van der Waals surface area contributed by atoms with Gasteiger partial charge in [0, 0.05) is 5.56 Å². The number of hydrogen-bond acceptors (Lipinski definition) is 3. The molecule has 0 bridgehead atoms. The highest BCUT2D eigenvalue weighted by Crippen LogP contribution is 2.45. The van der Waals surface area contributed by atoms with Gasteiger partial charge in [-0.05, 0) is 31.9 Å². The van der Waals surface area contributed by atoms with Gasteiger partial charge in [-0.3, -0.25) is 0 Å². The third kappa shape index (κ3) is 1.82. The third-order valence-corrected chi connectivity index (χ3v) is 2.73. The van der Waals surface area contributed by atoms with E-state index in [1.165, 1.54) is 11.1 Å². The van der Waals surface area contributed by atoms with Crippen LogP contribution in [0, 0.1) is 6.92 Å². The van der Waals surface area contributed by atoms with Crippen LogP contribution in [0.25, 0.3) is 0 Å². The van der Waals surface area contributed by atoms with E-state index in [-0.39, 0.29) is 0 Å². The van der Waals surface area contributed by atoms with Crippen molar-refractivity contribution in [1.82, 2.24) is 0 Å². The van der Waals surface area contributed by atoms with Gasteiger partial charge in [0.15, 0.2) is 11.5 Å². The molecular formula is C13H18O3. The minimum atomic E-state index is 0.296. The fourth-order valence-corrected chi connectivity index (χ4v) is 2.03. The Hall–Kier alpha value is -1.38. The van der Waals surface area contributed by atoms with Crippen LogP contribution in [0.5, 0.6) is 17.2 Å². The molecule has 88 valence electrons. The van der Waals surface area contributed by atoms with Crippen molar-refractivity contribution >= 4 is 0 Å². The lowest BCUT2D eigenvalue weighted by molar-refractivity contribution is 0.170. The van der Waals surface area contributed by atoms with Gasteiger partial charge in [-0.25, -0.2) is 0 Å². The summed E-state index contributed by atoms with van der Waals surface area (Å²) < 4.78 is 16.6. The highest BCUT2D eigenvalue weighted by atomic mass is 16.7. The zero-order chi connectivity index (χ0) is 11.5. The topological polar surface area (TPSA) is 27.7 Å². The van der Waals surface area contributed by atoms with Crippen molar-refractivity contribution < 1.29 is 14.2 Å². The molecule has 0 aliphatic carbocycles. The molecule has 3 nitrogen and oxygen atoms in total. The summed E-state index contributed by atoms with van der Waals surface area (Å²) >= 11 is 0. The maximum Gasteiger partial charge on any atom is 0.231 e. The number of fused-ring (bicyclic) bond motifs is 1. The average molecular weight is 222 g/mol. The highest BCUT2D eigenvalue weighted by molar-refractivity contribution is 5.60. The van der Waals surface area contributed by atoms with Gasteiger partial charge in [0.25, 0.3) is 0 Å². The van der Waals surface area contributed by atoms with Crippen molar-refractivity contribution in [1.29, 1.82) is 0 Å². The fourth-order valence-electron chi connectivity index (χ4n) is 2.03. The van der Waals surface area contributed by atoms with Crippen LogP contribution in [0.4, 0.5) is 0 Å². The molecule has 0 atom stereocenters. The third-order valence-electron chi connectivity index (χ3n) is 2.73. The molecule has 0 unspecified atom stereocenters. The highest BCUT2D eigenvalue weighted by Gasteiger charge is 2.23. The lowest BCUT2D eigenvalue weighted by Gasteiger charge is -2.14. The first-order chi connectivity index (χ1) is 7.77. The monoisotopic (exact) mass is 222 g/mol. The molecule has 1 aliphatic heterocycles. The molecule has 2 rings (SSSR count). The van der Waals surface area contributed by atoms with Crippen LogP contribution in [0.2, 0.25) is 0 Å². The Morgan fingerprint density at radius 2 is 2.12 bits per heavy atom. The first-order valence-electron chi connectivity index (χ1n) is 5.82. The number of benzene rings is 1. The molecule has 3 heteroatoms. The molecule has 0 saturated heterocycles.